The minimum Gasteiger partial charge on any atom is -0.478 e. The predicted molar refractivity (Wildman–Crippen MR) is 195 cm³/mol. The van der Waals surface area contributed by atoms with Crippen molar-refractivity contribution in [2.45, 2.75) is 37.9 Å². The molecule has 4 aromatic rings. The summed E-state index contributed by atoms with van der Waals surface area (Å²) in [5.74, 6) is -1.20. The molecule has 0 radical (unpaired) electrons. The first kappa shape index (κ1) is 36.2. The fourth-order valence-electron chi connectivity index (χ4n) is 6.91. The highest BCUT2D eigenvalue weighted by atomic mass is 16.5. The summed E-state index contributed by atoms with van der Waals surface area (Å²) < 4.78 is 12.0. The molecule has 0 aliphatic carbocycles. The zero-order valence-electron chi connectivity index (χ0n) is 28.8. The Morgan fingerprint density at radius 2 is 0.904 bits per heavy atom. The van der Waals surface area contributed by atoms with Gasteiger partial charge >= 0.3 is 24.0 Å². The normalized spacial score (nSPS) is 24.2. The number of aliphatic carboxylic acids is 2. The number of nitrogen functional groups attached to an aromatic ring is 2. The van der Waals surface area contributed by atoms with E-state index >= 15 is 0 Å². The topological polar surface area (TPSA) is 203 Å². The molecule has 0 saturated carbocycles. The standard InChI is InChI=1S/2C17H20N4O.C4H4O4/c2*18-15-3-1-12(2-4-15)14-9-19-17(20-10-14)22-16-11-21-7-5-13(16)6-8-21;5-3(6)1-2-4(7)8/h2*1-4,9-10,13,16H,5-8,11,18H2;1-2H,(H,5,6)(H,7,8)/b;;2-1+. The van der Waals surface area contributed by atoms with Crippen molar-refractivity contribution in [3.05, 3.63) is 85.5 Å². The minimum absolute atomic E-state index is 0.241. The van der Waals surface area contributed by atoms with Gasteiger partial charge in [0, 0.05) is 72.5 Å². The van der Waals surface area contributed by atoms with Gasteiger partial charge in [-0.3, -0.25) is 9.80 Å². The molecule has 0 amide bonds. The third-order valence-corrected chi connectivity index (χ3v) is 9.82. The molecule has 2 unspecified atom stereocenters. The second kappa shape index (κ2) is 17.1. The van der Waals surface area contributed by atoms with Crippen LogP contribution in [0, 0.1) is 11.8 Å². The second-order valence-corrected chi connectivity index (χ2v) is 13.4. The van der Waals surface area contributed by atoms with Crippen LogP contribution in [0.3, 0.4) is 0 Å². The molecule has 6 aliphatic rings. The summed E-state index contributed by atoms with van der Waals surface area (Å²) in [5.41, 5.74) is 17.0. The maximum Gasteiger partial charge on any atom is 0.328 e. The molecule has 2 aromatic heterocycles. The van der Waals surface area contributed by atoms with Crippen LogP contribution in [0.4, 0.5) is 11.4 Å². The molecule has 4 bridgehead atoms. The number of anilines is 2. The van der Waals surface area contributed by atoms with Gasteiger partial charge in [-0.05, 0) is 99.1 Å². The number of ether oxygens (including phenoxy) is 2. The number of carboxylic acid groups (broad SMARTS) is 2. The molecule has 14 heteroatoms. The van der Waals surface area contributed by atoms with Gasteiger partial charge in [0.2, 0.25) is 0 Å². The lowest BCUT2D eigenvalue weighted by Gasteiger charge is -2.43. The summed E-state index contributed by atoms with van der Waals surface area (Å²) in [7, 11) is 0. The van der Waals surface area contributed by atoms with E-state index in [1.807, 2.05) is 73.3 Å². The van der Waals surface area contributed by atoms with E-state index in [2.05, 4.69) is 29.7 Å². The summed E-state index contributed by atoms with van der Waals surface area (Å²) >= 11 is 0. The molecule has 2 atom stereocenters. The molecule has 10 rings (SSSR count). The number of carboxylic acids is 2. The first-order valence-corrected chi connectivity index (χ1v) is 17.5. The van der Waals surface area contributed by atoms with Crippen molar-refractivity contribution in [1.29, 1.82) is 0 Å². The number of nitrogens with two attached hydrogens (primary N) is 2. The van der Waals surface area contributed by atoms with Gasteiger partial charge in [-0.2, -0.15) is 0 Å². The van der Waals surface area contributed by atoms with Gasteiger partial charge in [0.05, 0.1) is 0 Å². The van der Waals surface area contributed by atoms with Crippen LogP contribution in [0.5, 0.6) is 12.0 Å². The summed E-state index contributed by atoms with van der Waals surface area (Å²) in [5, 5.41) is 15.6. The van der Waals surface area contributed by atoms with Gasteiger partial charge in [-0.25, -0.2) is 29.5 Å². The highest BCUT2D eigenvalue weighted by molar-refractivity contribution is 5.89. The van der Waals surface area contributed by atoms with Gasteiger partial charge < -0.3 is 31.2 Å². The number of rotatable bonds is 8. The van der Waals surface area contributed by atoms with Crippen molar-refractivity contribution in [3.63, 3.8) is 0 Å². The highest BCUT2D eigenvalue weighted by Gasteiger charge is 2.37. The molecule has 0 spiro atoms. The molecule has 6 fully saturated rings. The Labute approximate surface area is 302 Å². The number of carbonyl (C=O) groups is 2. The van der Waals surface area contributed by atoms with E-state index in [-0.39, 0.29) is 12.2 Å². The van der Waals surface area contributed by atoms with Crippen LogP contribution >= 0.6 is 0 Å². The molecular formula is C38H44N8O6. The van der Waals surface area contributed by atoms with Gasteiger partial charge in [-0.1, -0.05) is 24.3 Å². The van der Waals surface area contributed by atoms with Gasteiger partial charge in [-0.15, -0.1) is 0 Å². The SMILES string of the molecule is Nc1ccc(-c2cnc(OC3CN4CCC3CC4)nc2)cc1.Nc1ccc(-c2cnc(OC3CN4CCC3CC4)nc2)cc1.O=C(O)/C=C/C(=O)O. The fraction of sp³-hybridized carbons (Fsp3) is 0.368. The van der Waals surface area contributed by atoms with Gasteiger partial charge in [0.1, 0.15) is 12.2 Å². The average Bonchev–Trinajstić information content (AvgIpc) is 3.17. The number of hydrogen-bond acceptors (Lipinski definition) is 12. The molecular weight excluding hydrogens is 664 g/mol. The van der Waals surface area contributed by atoms with Crippen molar-refractivity contribution < 1.29 is 29.3 Å². The Balaban J connectivity index is 0.000000149. The molecule has 8 heterocycles. The van der Waals surface area contributed by atoms with Crippen molar-refractivity contribution >= 4 is 23.3 Å². The van der Waals surface area contributed by atoms with Crippen LogP contribution in [0.15, 0.2) is 85.5 Å². The molecule has 6 saturated heterocycles. The van der Waals surface area contributed by atoms with Crippen molar-refractivity contribution in [1.82, 2.24) is 29.7 Å². The van der Waals surface area contributed by atoms with Crippen LogP contribution in [0.1, 0.15) is 25.7 Å². The third kappa shape index (κ3) is 10.0. The second-order valence-electron chi connectivity index (χ2n) is 13.4. The van der Waals surface area contributed by atoms with E-state index in [1.165, 1.54) is 51.9 Å². The average molecular weight is 709 g/mol. The molecule has 52 heavy (non-hydrogen) atoms. The smallest absolute Gasteiger partial charge is 0.328 e. The molecule has 272 valence electrons. The fourth-order valence-corrected chi connectivity index (χ4v) is 6.91. The van der Waals surface area contributed by atoms with Crippen LogP contribution in [0.2, 0.25) is 0 Å². The first-order valence-electron chi connectivity index (χ1n) is 17.5. The lowest BCUT2D eigenvalue weighted by atomic mass is 9.86. The maximum atomic E-state index is 9.55. The van der Waals surface area contributed by atoms with Crippen LogP contribution < -0.4 is 20.9 Å². The Morgan fingerprint density at radius 3 is 1.17 bits per heavy atom. The van der Waals surface area contributed by atoms with Crippen LogP contribution in [-0.4, -0.2) is 103 Å². The van der Waals surface area contributed by atoms with Gasteiger partial charge in [0.25, 0.3) is 0 Å². The Hall–Kier alpha value is -5.60. The number of piperidine rings is 6. The van der Waals surface area contributed by atoms with E-state index < -0.39 is 11.9 Å². The maximum absolute atomic E-state index is 9.55. The summed E-state index contributed by atoms with van der Waals surface area (Å²) in [6.45, 7) is 6.85. The minimum atomic E-state index is -1.26. The quantitative estimate of drug-likeness (QED) is 0.150. The summed E-state index contributed by atoms with van der Waals surface area (Å²) in [6, 6.07) is 16.4. The van der Waals surface area contributed by atoms with Crippen LogP contribution in [0.25, 0.3) is 22.3 Å². The lowest BCUT2D eigenvalue weighted by Crippen LogP contribution is -2.52. The lowest BCUT2D eigenvalue weighted by molar-refractivity contribution is -0.134. The number of hydrogen-bond donors (Lipinski definition) is 4. The van der Waals surface area contributed by atoms with Crippen molar-refractivity contribution in [2.75, 3.05) is 50.7 Å². The van der Waals surface area contributed by atoms with E-state index in [0.717, 1.165) is 46.7 Å². The molecule has 6 aliphatic heterocycles. The monoisotopic (exact) mass is 708 g/mol. The van der Waals surface area contributed by atoms with E-state index in [1.54, 1.807) is 0 Å². The number of fused-ring (bicyclic) bond motifs is 6. The van der Waals surface area contributed by atoms with E-state index in [0.29, 0.717) is 36.0 Å². The number of nitrogens with zero attached hydrogens (tertiary/aromatic N) is 6. The molecule has 14 nitrogen and oxygen atoms in total. The zero-order valence-corrected chi connectivity index (χ0v) is 28.8. The Morgan fingerprint density at radius 1 is 0.577 bits per heavy atom. The van der Waals surface area contributed by atoms with Crippen molar-refractivity contribution in [3.8, 4) is 34.3 Å². The summed E-state index contributed by atoms with van der Waals surface area (Å²) in [6.07, 6.45) is 13.8. The molecule has 6 N–H and O–H groups in total. The van der Waals surface area contributed by atoms with Gasteiger partial charge in [0.15, 0.2) is 0 Å². The Kier molecular flexibility index (Phi) is 11.9. The largest absolute Gasteiger partial charge is 0.478 e. The predicted octanol–water partition coefficient (Wildman–Crippen LogP) is 4.11. The highest BCUT2D eigenvalue weighted by Crippen LogP contribution is 2.31. The van der Waals surface area contributed by atoms with Crippen molar-refractivity contribution in [2.24, 2.45) is 11.8 Å². The molecule has 2 aromatic carbocycles. The summed E-state index contributed by atoms with van der Waals surface area (Å²) in [4.78, 5) is 41.5. The first-order chi connectivity index (χ1) is 25.2. The zero-order chi connectivity index (χ0) is 36.5. The number of benzene rings is 2. The van der Waals surface area contributed by atoms with Crippen LogP contribution in [-0.2, 0) is 9.59 Å². The van der Waals surface area contributed by atoms with E-state index in [9.17, 15) is 9.59 Å². The Bertz CT molecular complexity index is 1660. The third-order valence-electron chi connectivity index (χ3n) is 9.82. The van der Waals surface area contributed by atoms with E-state index in [4.69, 9.17) is 31.2 Å². The number of aromatic nitrogens is 4.